The molecule has 1 aromatic rings. The molecule has 0 saturated heterocycles. The summed E-state index contributed by atoms with van der Waals surface area (Å²) in [6.45, 7) is 1.29. The van der Waals surface area contributed by atoms with Gasteiger partial charge in [0.05, 0.1) is 6.07 Å². The van der Waals surface area contributed by atoms with Gasteiger partial charge in [0.25, 0.3) is 0 Å². The van der Waals surface area contributed by atoms with Gasteiger partial charge in [-0.25, -0.2) is 4.39 Å². The fraction of sp³-hybridized carbons (Fsp3) is 0.417. The first-order valence-electron chi connectivity index (χ1n) is 5.13. The minimum Gasteiger partial charge on any atom is -0.302 e. The second-order valence-corrected chi connectivity index (χ2v) is 4.17. The van der Waals surface area contributed by atoms with Crippen molar-refractivity contribution in [3.63, 3.8) is 0 Å². The van der Waals surface area contributed by atoms with E-state index in [0.29, 0.717) is 23.6 Å². The molecular weight excluding hydrogens is 227 g/mol. The van der Waals surface area contributed by atoms with Gasteiger partial charge >= 0.3 is 0 Å². The van der Waals surface area contributed by atoms with E-state index in [9.17, 15) is 4.39 Å². The Balaban J connectivity index is 2.52. The molecule has 0 aromatic heterocycles. The number of nitriles is 1. The van der Waals surface area contributed by atoms with Crippen molar-refractivity contribution in [1.29, 1.82) is 5.26 Å². The summed E-state index contributed by atoms with van der Waals surface area (Å²) in [4.78, 5) is 1.98. The molecule has 0 aliphatic rings. The van der Waals surface area contributed by atoms with E-state index in [1.54, 1.807) is 6.07 Å². The van der Waals surface area contributed by atoms with Gasteiger partial charge in [0.2, 0.25) is 0 Å². The summed E-state index contributed by atoms with van der Waals surface area (Å²) in [5.41, 5.74) is 0.590. The van der Waals surface area contributed by atoms with E-state index in [1.807, 2.05) is 11.9 Å². The van der Waals surface area contributed by atoms with Crippen molar-refractivity contribution >= 4 is 11.6 Å². The highest BCUT2D eigenvalue weighted by Crippen LogP contribution is 2.16. The smallest absolute Gasteiger partial charge is 0.127 e. The zero-order chi connectivity index (χ0) is 12.0. The average molecular weight is 241 g/mol. The van der Waals surface area contributed by atoms with Gasteiger partial charge < -0.3 is 4.90 Å². The molecule has 0 N–H and O–H groups in total. The number of unbranched alkanes of at least 4 members (excludes halogenated alkanes) is 1. The Bertz CT molecular complexity index is 387. The minimum absolute atomic E-state index is 0.239. The molecule has 0 aliphatic heterocycles. The summed E-state index contributed by atoms with van der Waals surface area (Å²) < 4.78 is 13.4. The fourth-order valence-corrected chi connectivity index (χ4v) is 1.66. The monoisotopic (exact) mass is 240 g/mol. The van der Waals surface area contributed by atoms with Crippen LogP contribution in [0.25, 0.3) is 0 Å². The van der Waals surface area contributed by atoms with Crippen molar-refractivity contribution in [3.05, 3.63) is 34.6 Å². The lowest BCUT2D eigenvalue weighted by molar-refractivity contribution is 0.318. The molecule has 86 valence electrons. The predicted octanol–water partition coefficient (Wildman–Crippen LogP) is 3.21. The van der Waals surface area contributed by atoms with Crippen molar-refractivity contribution in [2.24, 2.45) is 0 Å². The first-order chi connectivity index (χ1) is 7.63. The molecule has 0 fully saturated rings. The van der Waals surface area contributed by atoms with Gasteiger partial charge in [-0.05, 0) is 38.2 Å². The molecule has 2 nitrogen and oxygen atoms in total. The van der Waals surface area contributed by atoms with E-state index in [0.717, 1.165) is 13.0 Å². The SMILES string of the molecule is CN(CCCC#N)Cc1cc(Cl)ccc1F. The van der Waals surface area contributed by atoms with Gasteiger partial charge in [-0.2, -0.15) is 5.26 Å². The van der Waals surface area contributed by atoms with Crippen LogP contribution in [0.3, 0.4) is 0 Å². The van der Waals surface area contributed by atoms with Crippen LogP contribution >= 0.6 is 11.6 Å². The van der Waals surface area contributed by atoms with E-state index >= 15 is 0 Å². The van der Waals surface area contributed by atoms with Crippen LogP contribution < -0.4 is 0 Å². The van der Waals surface area contributed by atoms with Crippen molar-refractivity contribution in [1.82, 2.24) is 4.90 Å². The van der Waals surface area contributed by atoms with E-state index < -0.39 is 0 Å². The maximum Gasteiger partial charge on any atom is 0.127 e. The van der Waals surface area contributed by atoms with Crippen LogP contribution in [0.15, 0.2) is 18.2 Å². The standard InChI is InChI=1S/C12H14ClFN2/c1-16(7-3-2-6-15)9-10-8-11(13)4-5-12(10)14/h4-5,8H,2-3,7,9H2,1H3. The molecule has 0 saturated carbocycles. The third-order valence-electron chi connectivity index (χ3n) is 2.28. The van der Waals surface area contributed by atoms with E-state index in [1.165, 1.54) is 12.1 Å². The molecule has 0 heterocycles. The molecular formula is C12H14ClFN2. The Labute approximate surface area is 100 Å². The van der Waals surface area contributed by atoms with Gasteiger partial charge in [0, 0.05) is 23.6 Å². The average Bonchev–Trinajstić information content (AvgIpc) is 2.24. The summed E-state index contributed by atoms with van der Waals surface area (Å²) in [5, 5.41) is 8.95. The zero-order valence-electron chi connectivity index (χ0n) is 9.21. The van der Waals surface area contributed by atoms with Crippen molar-refractivity contribution in [3.8, 4) is 6.07 Å². The Kier molecular flexibility index (Phi) is 5.24. The summed E-state index contributed by atoms with van der Waals surface area (Å²) in [6.07, 6.45) is 1.33. The van der Waals surface area contributed by atoms with Crippen molar-refractivity contribution < 1.29 is 4.39 Å². The van der Waals surface area contributed by atoms with Gasteiger partial charge in [-0.3, -0.25) is 0 Å². The molecule has 0 spiro atoms. The highest BCUT2D eigenvalue weighted by atomic mass is 35.5. The van der Waals surface area contributed by atoms with Gasteiger partial charge in [0.15, 0.2) is 0 Å². The van der Waals surface area contributed by atoms with Crippen molar-refractivity contribution in [2.45, 2.75) is 19.4 Å². The Morgan fingerprint density at radius 3 is 2.94 bits per heavy atom. The van der Waals surface area contributed by atoms with E-state index in [2.05, 4.69) is 6.07 Å². The quantitative estimate of drug-likeness (QED) is 0.739. The molecule has 4 heteroatoms. The maximum atomic E-state index is 13.4. The van der Waals surface area contributed by atoms with Gasteiger partial charge in [-0.15, -0.1) is 0 Å². The van der Waals surface area contributed by atoms with Crippen LogP contribution in [0.2, 0.25) is 5.02 Å². The van der Waals surface area contributed by atoms with Crippen LogP contribution in [-0.4, -0.2) is 18.5 Å². The summed E-state index contributed by atoms with van der Waals surface area (Å²) >= 11 is 5.80. The Morgan fingerprint density at radius 1 is 1.50 bits per heavy atom. The van der Waals surface area contributed by atoms with E-state index in [-0.39, 0.29) is 5.82 Å². The Hall–Kier alpha value is -1.11. The lowest BCUT2D eigenvalue weighted by atomic mass is 10.2. The van der Waals surface area contributed by atoms with Crippen LogP contribution in [0.4, 0.5) is 4.39 Å². The minimum atomic E-state index is -0.239. The van der Waals surface area contributed by atoms with Crippen LogP contribution in [0.5, 0.6) is 0 Å². The second kappa shape index (κ2) is 6.47. The Morgan fingerprint density at radius 2 is 2.25 bits per heavy atom. The summed E-state index contributed by atoms with van der Waals surface area (Å²) in [6, 6.07) is 6.64. The number of benzene rings is 1. The summed E-state index contributed by atoms with van der Waals surface area (Å²) in [7, 11) is 1.90. The van der Waals surface area contributed by atoms with E-state index in [4.69, 9.17) is 16.9 Å². The molecule has 0 amide bonds. The lowest BCUT2D eigenvalue weighted by Gasteiger charge is -2.16. The molecule has 1 aromatic carbocycles. The second-order valence-electron chi connectivity index (χ2n) is 3.74. The molecule has 0 bridgehead atoms. The topological polar surface area (TPSA) is 27.0 Å². The zero-order valence-corrected chi connectivity index (χ0v) is 9.97. The molecule has 0 atom stereocenters. The fourth-order valence-electron chi connectivity index (χ4n) is 1.46. The van der Waals surface area contributed by atoms with Crippen LogP contribution in [0, 0.1) is 17.1 Å². The van der Waals surface area contributed by atoms with Gasteiger partial charge in [0.1, 0.15) is 5.82 Å². The number of hydrogen-bond acceptors (Lipinski definition) is 2. The molecule has 1 rings (SSSR count). The normalized spacial score (nSPS) is 10.4. The molecule has 0 radical (unpaired) electrons. The first kappa shape index (κ1) is 13.0. The number of nitrogens with zero attached hydrogens (tertiary/aromatic N) is 2. The molecule has 0 aliphatic carbocycles. The molecule has 0 unspecified atom stereocenters. The first-order valence-corrected chi connectivity index (χ1v) is 5.50. The van der Waals surface area contributed by atoms with Crippen LogP contribution in [-0.2, 0) is 6.54 Å². The summed E-state index contributed by atoms with van der Waals surface area (Å²) in [5.74, 6) is -0.239. The molecule has 16 heavy (non-hydrogen) atoms. The third kappa shape index (κ3) is 4.18. The van der Waals surface area contributed by atoms with Crippen LogP contribution in [0.1, 0.15) is 18.4 Å². The lowest BCUT2D eigenvalue weighted by Crippen LogP contribution is -2.19. The number of halogens is 2. The number of rotatable bonds is 5. The maximum absolute atomic E-state index is 13.4. The third-order valence-corrected chi connectivity index (χ3v) is 2.51. The highest BCUT2D eigenvalue weighted by molar-refractivity contribution is 6.30. The predicted molar refractivity (Wildman–Crippen MR) is 62.6 cm³/mol. The highest BCUT2D eigenvalue weighted by Gasteiger charge is 2.06. The number of hydrogen-bond donors (Lipinski definition) is 0. The largest absolute Gasteiger partial charge is 0.302 e. The van der Waals surface area contributed by atoms with Crippen molar-refractivity contribution in [2.75, 3.05) is 13.6 Å². The van der Waals surface area contributed by atoms with Gasteiger partial charge in [-0.1, -0.05) is 11.6 Å².